The fourth-order valence-corrected chi connectivity index (χ4v) is 4.05. The molecule has 0 aliphatic carbocycles. The molecular weight excluding hydrogens is 657 g/mol. The number of hydrogen-bond acceptors (Lipinski definition) is 4. The van der Waals surface area contributed by atoms with Gasteiger partial charge in [0.1, 0.15) is 30.1 Å². The lowest BCUT2D eigenvalue weighted by molar-refractivity contribution is -0.0980. The number of carbonyl (C=O) groups excluding carboxylic acids is 1. The van der Waals surface area contributed by atoms with Crippen LogP contribution in [0.25, 0.3) is 0 Å². The molecule has 0 saturated carbocycles. The summed E-state index contributed by atoms with van der Waals surface area (Å²) in [6, 6.07) is 13.8. The van der Waals surface area contributed by atoms with Crippen molar-refractivity contribution in [3.8, 4) is 5.75 Å². The van der Waals surface area contributed by atoms with Gasteiger partial charge in [-0.15, -0.1) is 0 Å². The standard InChI is InChI=1S/C14H13BrF2N2.C6H4Cl2O.C6H5F2NS.CH2O/c1-9-5-11(15)8-19-18-7-10(9)6-12-13(16)3-2-4-14(12)17;7-4-2-1-3-5(8)6(4)9;7-4-1-2-5(8)6(3-4)10-9;1-2/h2-5,7-8,18-19H,6H2,1H3;1-3,9H;1-3H,9H2;1H2. The van der Waals surface area contributed by atoms with E-state index in [4.69, 9.17) is 38.2 Å². The molecule has 0 fully saturated rings. The van der Waals surface area contributed by atoms with E-state index in [0.717, 1.165) is 33.8 Å². The second-order valence-electron chi connectivity index (χ2n) is 7.45. The Bertz CT molecular complexity index is 1400. The Labute approximate surface area is 251 Å². The number of nitrogens with one attached hydrogen (secondary N) is 2. The number of nitrogens with two attached hydrogens (primary N) is 1. The van der Waals surface area contributed by atoms with Gasteiger partial charge in [-0.25, -0.2) is 17.6 Å². The van der Waals surface area contributed by atoms with Crippen molar-refractivity contribution < 1.29 is 27.5 Å². The highest BCUT2D eigenvalue weighted by Crippen LogP contribution is 2.30. The van der Waals surface area contributed by atoms with Crippen molar-refractivity contribution >= 4 is 57.9 Å². The molecule has 4 rings (SSSR count). The molecule has 214 valence electrons. The smallest absolute Gasteiger partial charge is 0.152 e. The predicted molar refractivity (Wildman–Crippen MR) is 156 cm³/mol. The number of halogens is 7. The second-order valence-corrected chi connectivity index (χ2v) is 9.86. The summed E-state index contributed by atoms with van der Waals surface area (Å²) in [5, 5.41) is 20.2. The van der Waals surface area contributed by atoms with E-state index in [0.29, 0.717) is 11.9 Å². The van der Waals surface area contributed by atoms with Gasteiger partial charge in [-0.3, -0.25) is 5.14 Å². The van der Waals surface area contributed by atoms with Crippen LogP contribution in [0.15, 0.2) is 82.4 Å². The number of aryl methyl sites for hydroxylation is 1. The molecule has 1 aromatic heterocycles. The van der Waals surface area contributed by atoms with Crippen molar-refractivity contribution in [3.63, 3.8) is 0 Å². The lowest BCUT2D eigenvalue weighted by Crippen LogP contribution is -1.99. The molecule has 0 saturated heterocycles. The SMILES string of the molecule is C=O.Cc1cc(Br)c[nH][nH]cc1Cc1c(F)cccc1F.NSc1cc(F)ccc1F.Oc1c(Cl)cccc1Cl. The number of carbonyl (C=O) groups is 1. The number of H-pyrrole nitrogens is 2. The lowest BCUT2D eigenvalue weighted by atomic mass is 10.0. The maximum Gasteiger partial charge on any atom is 0.152 e. The minimum atomic E-state index is -0.529. The van der Waals surface area contributed by atoms with Crippen molar-refractivity contribution in [1.29, 1.82) is 0 Å². The third-order valence-electron chi connectivity index (χ3n) is 4.79. The summed E-state index contributed by atoms with van der Waals surface area (Å²) >= 11 is 15.0. The first-order valence-corrected chi connectivity index (χ1v) is 13.4. The molecule has 3 aromatic carbocycles. The fourth-order valence-electron chi connectivity index (χ4n) is 2.83. The van der Waals surface area contributed by atoms with Crippen molar-refractivity contribution in [2.75, 3.05) is 0 Å². The average molecular weight is 681 g/mol. The van der Waals surface area contributed by atoms with Crippen LogP contribution < -0.4 is 5.14 Å². The van der Waals surface area contributed by atoms with Gasteiger partial charge < -0.3 is 20.1 Å². The van der Waals surface area contributed by atoms with Crippen molar-refractivity contribution in [1.82, 2.24) is 10.2 Å². The number of phenolic OH excluding ortho intramolecular Hbond substituents is 1. The molecule has 40 heavy (non-hydrogen) atoms. The molecular formula is C27H24BrCl2F4N3O2S. The van der Waals surface area contributed by atoms with E-state index in [1.165, 1.54) is 18.2 Å². The highest BCUT2D eigenvalue weighted by molar-refractivity contribution is 9.10. The molecule has 0 aliphatic rings. The summed E-state index contributed by atoms with van der Waals surface area (Å²) in [6.07, 6.45) is 3.63. The average Bonchev–Trinajstić information content (AvgIpc) is 2.93. The van der Waals surface area contributed by atoms with Crippen LogP contribution in [0.1, 0.15) is 16.7 Å². The number of aromatic hydroxyl groups is 1. The number of aromatic nitrogens is 2. The Balaban J connectivity index is 0.000000320. The van der Waals surface area contributed by atoms with Gasteiger partial charge in [-0.2, -0.15) is 0 Å². The van der Waals surface area contributed by atoms with Gasteiger partial charge in [0.25, 0.3) is 0 Å². The zero-order valence-corrected chi connectivity index (χ0v) is 24.7. The van der Waals surface area contributed by atoms with Gasteiger partial charge in [0, 0.05) is 28.9 Å². The molecule has 0 radical (unpaired) electrons. The normalized spacial score (nSPS) is 9.62. The minimum absolute atomic E-state index is 0.0548. The van der Waals surface area contributed by atoms with Gasteiger partial charge in [-0.1, -0.05) is 35.3 Å². The maximum absolute atomic E-state index is 13.6. The summed E-state index contributed by atoms with van der Waals surface area (Å²) in [5.41, 5.74) is 1.81. The zero-order valence-electron chi connectivity index (χ0n) is 20.8. The van der Waals surface area contributed by atoms with E-state index < -0.39 is 23.3 Å². The van der Waals surface area contributed by atoms with Crippen LogP contribution in [0.2, 0.25) is 10.0 Å². The largest absolute Gasteiger partial charge is 0.505 e. The Kier molecular flexibility index (Phi) is 16.1. The molecule has 0 unspecified atom stereocenters. The minimum Gasteiger partial charge on any atom is -0.505 e. The highest BCUT2D eigenvalue weighted by Gasteiger charge is 2.10. The Morgan fingerprint density at radius 1 is 0.900 bits per heavy atom. The summed E-state index contributed by atoms with van der Waals surface area (Å²) < 4.78 is 52.9. The van der Waals surface area contributed by atoms with Crippen LogP contribution in [0.3, 0.4) is 0 Å². The molecule has 13 heteroatoms. The number of phenols is 1. The van der Waals surface area contributed by atoms with E-state index in [9.17, 15) is 17.6 Å². The zero-order chi connectivity index (χ0) is 30.2. The molecule has 0 atom stereocenters. The van der Waals surface area contributed by atoms with E-state index in [1.807, 2.05) is 19.8 Å². The molecule has 0 amide bonds. The Morgan fingerprint density at radius 3 is 1.98 bits per heavy atom. The molecule has 0 bridgehead atoms. The molecule has 5 N–H and O–H groups in total. The Hall–Kier alpha value is -2.96. The van der Waals surface area contributed by atoms with E-state index >= 15 is 0 Å². The van der Waals surface area contributed by atoms with Gasteiger partial charge in [0.15, 0.2) is 5.75 Å². The van der Waals surface area contributed by atoms with Crippen molar-refractivity contribution in [2.24, 2.45) is 5.14 Å². The number of para-hydroxylation sites is 1. The predicted octanol–water partition coefficient (Wildman–Crippen LogP) is 8.85. The molecule has 0 spiro atoms. The first-order chi connectivity index (χ1) is 19.0. The third-order valence-corrected chi connectivity index (χ3v) is 6.42. The monoisotopic (exact) mass is 679 g/mol. The van der Waals surface area contributed by atoms with Crippen molar-refractivity contribution in [3.05, 3.63) is 128 Å². The van der Waals surface area contributed by atoms with Crippen LogP contribution in [-0.4, -0.2) is 22.1 Å². The van der Waals surface area contributed by atoms with Gasteiger partial charge in [0.2, 0.25) is 0 Å². The molecule has 5 nitrogen and oxygen atoms in total. The summed E-state index contributed by atoms with van der Waals surface area (Å²) in [6.45, 7) is 3.90. The van der Waals surface area contributed by atoms with Crippen LogP contribution in [0.5, 0.6) is 5.75 Å². The second kappa shape index (κ2) is 18.4. The van der Waals surface area contributed by atoms with Crippen LogP contribution in [0, 0.1) is 30.2 Å². The van der Waals surface area contributed by atoms with Gasteiger partial charge in [0.05, 0.1) is 14.9 Å². The van der Waals surface area contributed by atoms with E-state index in [1.54, 1.807) is 30.6 Å². The van der Waals surface area contributed by atoms with Crippen LogP contribution >= 0.6 is 51.1 Å². The topological polar surface area (TPSA) is 94.9 Å². The van der Waals surface area contributed by atoms with E-state index in [-0.39, 0.29) is 32.7 Å². The highest BCUT2D eigenvalue weighted by atomic mass is 79.9. The van der Waals surface area contributed by atoms with Crippen molar-refractivity contribution in [2.45, 2.75) is 18.2 Å². The quantitative estimate of drug-likeness (QED) is 0.128. The summed E-state index contributed by atoms with van der Waals surface area (Å²) in [4.78, 5) is 8.12. The number of benzene rings is 3. The number of hydrogen-bond donors (Lipinski definition) is 4. The van der Waals surface area contributed by atoms with Gasteiger partial charge in [-0.05, 0) is 94.5 Å². The first-order valence-electron chi connectivity index (χ1n) is 10.9. The molecule has 0 aliphatic heterocycles. The maximum atomic E-state index is 13.6. The van der Waals surface area contributed by atoms with Gasteiger partial charge >= 0.3 is 0 Å². The molecule has 1 heterocycles. The van der Waals surface area contributed by atoms with Crippen LogP contribution in [0.4, 0.5) is 17.6 Å². The lowest BCUT2D eigenvalue weighted by Gasteiger charge is -2.07. The molecule has 4 aromatic rings. The third kappa shape index (κ3) is 11.6. The summed E-state index contributed by atoms with van der Waals surface area (Å²) in [7, 11) is 0. The first kappa shape index (κ1) is 35.1. The fraction of sp³-hybridized carbons (Fsp3) is 0.0741. The van der Waals surface area contributed by atoms with Crippen LogP contribution in [-0.2, 0) is 11.2 Å². The summed E-state index contributed by atoms with van der Waals surface area (Å²) in [5.74, 6) is -2.08. The van der Waals surface area contributed by atoms with E-state index in [2.05, 4.69) is 26.1 Å². The number of aromatic amines is 2. The Morgan fingerprint density at radius 2 is 1.45 bits per heavy atom. The number of rotatable bonds is 3.